The smallest absolute Gasteiger partial charge is 0.313 e. The van der Waals surface area contributed by atoms with Gasteiger partial charge in [-0.3, -0.25) is 9.59 Å². The summed E-state index contributed by atoms with van der Waals surface area (Å²) in [4.78, 5) is 22.9. The first-order chi connectivity index (χ1) is 6.79. The van der Waals surface area contributed by atoms with Gasteiger partial charge in [0, 0.05) is 0 Å². The number of esters is 2. The minimum atomic E-state index is -0.434. The third-order valence-electron chi connectivity index (χ3n) is 2.57. The van der Waals surface area contributed by atoms with Crippen molar-refractivity contribution in [2.24, 2.45) is 11.8 Å². The highest BCUT2D eigenvalue weighted by molar-refractivity contribution is 5.84. The van der Waals surface area contributed by atoms with Gasteiger partial charge in [0.2, 0.25) is 0 Å². The normalized spacial score (nSPS) is 32.3. The van der Waals surface area contributed by atoms with E-state index in [4.69, 9.17) is 9.47 Å². The van der Waals surface area contributed by atoms with Crippen LogP contribution in [-0.4, -0.2) is 25.2 Å². The van der Waals surface area contributed by atoms with Gasteiger partial charge in [-0.25, -0.2) is 0 Å². The Kier molecular flexibility index (Phi) is 2.52. The minimum absolute atomic E-state index is 0.168. The number of ether oxygens (including phenoxy) is 2. The zero-order valence-corrected chi connectivity index (χ0v) is 7.77. The summed E-state index contributed by atoms with van der Waals surface area (Å²) in [6.45, 7) is 0.346. The Labute approximate surface area is 81.9 Å². The summed E-state index contributed by atoms with van der Waals surface area (Å²) >= 11 is 0. The maximum absolute atomic E-state index is 11.5. The monoisotopic (exact) mass is 196 g/mol. The molecule has 0 radical (unpaired) electrons. The molecule has 4 nitrogen and oxygen atoms in total. The van der Waals surface area contributed by atoms with Crippen molar-refractivity contribution in [3.8, 4) is 0 Å². The van der Waals surface area contributed by atoms with Gasteiger partial charge in [-0.1, -0.05) is 12.2 Å². The van der Waals surface area contributed by atoms with Crippen molar-refractivity contribution in [1.82, 2.24) is 0 Å². The van der Waals surface area contributed by atoms with Gasteiger partial charge >= 0.3 is 11.9 Å². The maximum Gasteiger partial charge on any atom is 0.313 e. The average Bonchev–Trinajstić information content (AvgIpc) is 2.22. The van der Waals surface area contributed by atoms with E-state index in [9.17, 15) is 9.59 Å². The molecule has 1 saturated heterocycles. The number of hydrogen-bond acceptors (Lipinski definition) is 4. The summed E-state index contributed by atoms with van der Waals surface area (Å²) in [6, 6.07) is 0. The van der Waals surface area contributed by atoms with E-state index in [2.05, 4.69) is 0 Å². The fourth-order valence-corrected chi connectivity index (χ4v) is 1.83. The largest absolute Gasteiger partial charge is 0.462 e. The van der Waals surface area contributed by atoms with E-state index in [0.29, 0.717) is 6.42 Å². The molecule has 0 aromatic heterocycles. The molecule has 0 bridgehead atoms. The summed E-state index contributed by atoms with van der Waals surface area (Å²) in [6.07, 6.45) is 5.17. The van der Waals surface area contributed by atoms with Crippen LogP contribution in [0, 0.1) is 11.8 Å². The number of allylic oxidation sites excluding steroid dienone is 1. The van der Waals surface area contributed by atoms with Crippen LogP contribution in [0.15, 0.2) is 12.2 Å². The zero-order chi connectivity index (χ0) is 9.97. The van der Waals surface area contributed by atoms with Crippen molar-refractivity contribution >= 4 is 11.9 Å². The Bertz CT molecular complexity index is 282. The fourth-order valence-electron chi connectivity index (χ4n) is 1.83. The Morgan fingerprint density at radius 3 is 2.64 bits per heavy atom. The van der Waals surface area contributed by atoms with Crippen molar-refractivity contribution in [1.29, 1.82) is 0 Å². The maximum atomic E-state index is 11.5. The second kappa shape index (κ2) is 3.82. The summed E-state index contributed by atoms with van der Waals surface area (Å²) in [5.41, 5.74) is 0. The van der Waals surface area contributed by atoms with Crippen LogP contribution in [-0.2, 0) is 19.1 Å². The predicted molar refractivity (Wildman–Crippen MR) is 47.3 cm³/mol. The lowest BCUT2D eigenvalue weighted by molar-refractivity contribution is -0.167. The third kappa shape index (κ3) is 1.64. The number of carbonyl (C=O) groups excluding carboxylic acids is 2. The van der Waals surface area contributed by atoms with E-state index in [0.717, 1.165) is 6.42 Å². The van der Waals surface area contributed by atoms with Gasteiger partial charge in [-0.2, -0.15) is 0 Å². The lowest BCUT2D eigenvalue weighted by Crippen LogP contribution is -2.36. The summed E-state index contributed by atoms with van der Waals surface area (Å²) in [7, 11) is 0. The van der Waals surface area contributed by atoms with Crippen LogP contribution in [0.1, 0.15) is 12.8 Å². The summed E-state index contributed by atoms with van der Waals surface area (Å²) in [5.74, 6) is -1.34. The molecule has 4 heteroatoms. The quantitative estimate of drug-likeness (QED) is 0.422. The molecule has 14 heavy (non-hydrogen) atoms. The molecule has 2 aliphatic rings. The van der Waals surface area contributed by atoms with Crippen molar-refractivity contribution in [3.05, 3.63) is 12.2 Å². The molecule has 0 aromatic rings. The summed E-state index contributed by atoms with van der Waals surface area (Å²) in [5, 5.41) is 0. The highest BCUT2D eigenvalue weighted by Crippen LogP contribution is 2.28. The van der Waals surface area contributed by atoms with E-state index in [-0.39, 0.29) is 31.1 Å². The number of carbonyl (C=O) groups is 2. The van der Waals surface area contributed by atoms with E-state index in [1.165, 1.54) is 0 Å². The molecule has 1 heterocycles. The first-order valence-electron chi connectivity index (χ1n) is 4.79. The standard InChI is InChI=1S/C10H12O4/c11-9-7-3-1-2-4-8(7)10(12)14-6-5-13-9/h1,3,7-8H,2,4-6H2. The van der Waals surface area contributed by atoms with Gasteiger partial charge in [0.1, 0.15) is 13.2 Å². The molecule has 1 aliphatic carbocycles. The van der Waals surface area contributed by atoms with Gasteiger partial charge in [0.25, 0.3) is 0 Å². The Hall–Kier alpha value is -1.32. The molecule has 76 valence electrons. The van der Waals surface area contributed by atoms with E-state index < -0.39 is 5.92 Å². The van der Waals surface area contributed by atoms with Crippen LogP contribution >= 0.6 is 0 Å². The molecule has 2 rings (SSSR count). The summed E-state index contributed by atoms with van der Waals surface area (Å²) < 4.78 is 9.88. The number of fused-ring (bicyclic) bond motifs is 1. The second-order valence-electron chi connectivity index (χ2n) is 3.47. The Morgan fingerprint density at radius 1 is 1.14 bits per heavy atom. The third-order valence-corrected chi connectivity index (χ3v) is 2.57. The molecule has 2 atom stereocenters. The van der Waals surface area contributed by atoms with Crippen LogP contribution in [0.25, 0.3) is 0 Å². The number of hydrogen-bond donors (Lipinski definition) is 0. The van der Waals surface area contributed by atoms with Crippen LogP contribution in [0.3, 0.4) is 0 Å². The lowest BCUT2D eigenvalue weighted by Gasteiger charge is -2.26. The van der Waals surface area contributed by atoms with Crippen molar-refractivity contribution in [2.75, 3.05) is 13.2 Å². The minimum Gasteiger partial charge on any atom is -0.462 e. The molecular weight excluding hydrogens is 184 g/mol. The van der Waals surface area contributed by atoms with Crippen LogP contribution in [0.5, 0.6) is 0 Å². The van der Waals surface area contributed by atoms with Gasteiger partial charge in [0.15, 0.2) is 0 Å². The van der Waals surface area contributed by atoms with E-state index >= 15 is 0 Å². The van der Waals surface area contributed by atoms with Crippen LogP contribution in [0.4, 0.5) is 0 Å². The lowest BCUT2D eigenvalue weighted by atomic mass is 9.84. The number of cyclic esters (lactones) is 2. The molecule has 0 N–H and O–H groups in total. The Morgan fingerprint density at radius 2 is 1.86 bits per heavy atom. The molecule has 0 saturated carbocycles. The van der Waals surface area contributed by atoms with Gasteiger partial charge < -0.3 is 9.47 Å². The molecule has 0 amide bonds. The van der Waals surface area contributed by atoms with Crippen LogP contribution in [0.2, 0.25) is 0 Å². The first kappa shape index (κ1) is 9.24. The predicted octanol–water partition coefficient (Wildman–Crippen LogP) is 0.669. The van der Waals surface area contributed by atoms with Gasteiger partial charge in [0.05, 0.1) is 11.8 Å². The van der Waals surface area contributed by atoms with Crippen molar-refractivity contribution in [2.45, 2.75) is 12.8 Å². The highest BCUT2D eigenvalue weighted by atomic mass is 16.6. The highest BCUT2D eigenvalue weighted by Gasteiger charge is 2.36. The topological polar surface area (TPSA) is 52.6 Å². The Balaban J connectivity index is 2.21. The zero-order valence-electron chi connectivity index (χ0n) is 7.77. The van der Waals surface area contributed by atoms with Crippen molar-refractivity contribution < 1.29 is 19.1 Å². The second-order valence-corrected chi connectivity index (χ2v) is 3.47. The molecule has 0 spiro atoms. The molecule has 1 aliphatic heterocycles. The first-order valence-corrected chi connectivity index (χ1v) is 4.79. The molecule has 2 unspecified atom stereocenters. The molecular formula is C10H12O4. The molecule has 1 fully saturated rings. The van der Waals surface area contributed by atoms with E-state index in [1.54, 1.807) is 6.08 Å². The van der Waals surface area contributed by atoms with E-state index in [1.807, 2.05) is 6.08 Å². The number of rotatable bonds is 0. The fraction of sp³-hybridized carbons (Fsp3) is 0.600. The average molecular weight is 196 g/mol. The van der Waals surface area contributed by atoms with Crippen molar-refractivity contribution in [3.63, 3.8) is 0 Å². The SMILES string of the molecule is O=C1OCCOC(=O)C2CCC=CC12. The van der Waals surface area contributed by atoms with Gasteiger partial charge in [-0.05, 0) is 12.8 Å². The molecule has 0 aromatic carbocycles. The van der Waals surface area contributed by atoms with Crippen LogP contribution < -0.4 is 0 Å². The van der Waals surface area contributed by atoms with Gasteiger partial charge in [-0.15, -0.1) is 0 Å².